The summed E-state index contributed by atoms with van der Waals surface area (Å²) >= 11 is 0. The van der Waals surface area contributed by atoms with Crippen LogP contribution in [0.1, 0.15) is 65.9 Å². The summed E-state index contributed by atoms with van der Waals surface area (Å²) in [4.78, 5) is 12.6. The fraction of sp³-hybridized carbons (Fsp3) is 0.522. The topological polar surface area (TPSA) is 107 Å². The maximum absolute atomic E-state index is 12.6. The molecule has 1 aromatic carbocycles. The van der Waals surface area contributed by atoms with E-state index >= 15 is 0 Å². The van der Waals surface area contributed by atoms with Gasteiger partial charge < -0.3 is 22.5 Å². The molecule has 5 heteroatoms. The first kappa shape index (κ1) is 23.8. The zero-order valence-electron chi connectivity index (χ0n) is 18.1. The average molecular weight is 387 g/mol. The average Bonchev–Trinajstić information content (AvgIpc) is 2.66. The Balaban J connectivity index is 0.00000190. The minimum Gasteiger partial charge on any atom is -0.404 e. The lowest BCUT2D eigenvalue weighted by atomic mass is 9.74. The molecular formula is C23H38N4O. The number of hydrogen-bond donors (Lipinski definition) is 4. The third-order valence-corrected chi connectivity index (χ3v) is 5.56. The second-order valence-corrected chi connectivity index (χ2v) is 7.96. The summed E-state index contributed by atoms with van der Waals surface area (Å²) in [5.74, 6) is 0.412. The van der Waals surface area contributed by atoms with Gasteiger partial charge in [-0.2, -0.15) is 0 Å². The highest BCUT2D eigenvalue weighted by Crippen LogP contribution is 2.35. The van der Waals surface area contributed by atoms with Crippen LogP contribution in [0.4, 0.5) is 5.69 Å². The van der Waals surface area contributed by atoms with Crippen molar-refractivity contribution in [1.82, 2.24) is 0 Å². The van der Waals surface area contributed by atoms with Gasteiger partial charge in [-0.05, 0) is 41.7 Å². The number of nitrogens with one attached hydrogen (secondary N) is 1. The molecular weight excluding hydrogens is 348 g/mol. The van der Waals surface area contributed by atoms with Crippen molar-refractivity contribution in [2.24, 2.45) is 28.5 Å². The van der Waals surface area contributed by atoms with Gasteiger partial charge in [-0.1, -0.05) is 65.7 Å². The van der Waals surface area contributed by atoms with Crippen LogP contribution in [0.5, 0.6) is 0 Å². The van der Waals surface area contributed by atoms with E-state index in [4.69, 9.17) is 17.2 Å². The van der Waals surface area contributed by atoms with Crippen LogP contribution in [0.15, 0.2) is 42.1 Å². The SMILES string of the molecule is CC.CC1CCC[C@H](N)C(=C/N)/C=C(\N)c2ccccc2NC(=O)CC1(C)C. The Morgan fingerprint density at radius 1 is 1.18 bits per heavy atom. The first-order chi connectivity index (χ1) is 13.2. The minimum absolute atomic E-state index is 0.00505. The van der Waals surface area contributed by atoms with Crippen molar-refractivity contribution in [3.05, 3.63) is 47.7 Å². The van der Waals surface area contributed by atoms with Gasteiger partial charge in [0.25, 0.3) is 0 Å². The van der Waals surface area contributed by atoms with Gasteiger partial charge in [0.2, 0.25) is 5.91 Å². The molecule has 0 spiro atoms. The molecule has 5 nitrogen and oxygen atoms in total. The number of rotatable bonds is 0. The zero-order chi connectivity index (χ0) is 21.3. The Hall–Kier alpha value is -2.27. The second kappa shape index (κ2) is 10.9. The molecule has 0 saturated carbocycles. The summed E-state index contributed by atoms with van der Waals surface area (Å²) in [5.41, 5.74) is 21.2. The van der Waals surface area contributed by atoms with Gasteiger partial charge in [-0.25, -0.2) is 0 Å². The van der Waals surface area contributed by atoms with Gasteiger partial charge in [-0.3, -0.25) is 4.79 Å². The summed E-state index contributed by atoms with van der Waals surface area (Å²) < 4.78 is 0. The number of fused-ring (bicyclic) bond motifs is 1. The van der Waals surface area contributed by atoms with Crippen LogP contribution in [-0.2, 0) is 4.79 Å². The maximum atomic E-state index is 12.6. The number of amides is 1. The normalized spacial score (nSPS) is 26.6. The predicted octanol–water partition coefficient (Wildman–Crippen LogP) is 4.36. The van der Waals surface area contributed by atoms with E-state index in [-0.39, 0.29) is 17.4 Å². The molecule has 0 saturated heterocycles. The number of nitrogens with two attached hydrogens (primary N) is 3. The van der Waals surface area contributed by atoms with Crippen LogP contribution in [0.3, 0.4) is 0 Å². The van der Waals surface area contributed by atoms with E-state index < -0.39 is 0 Å². The van der Waals surface area contributed by atoms with E-state index in [2.05, 4.69) is 26.1 Å². The molecule has 1 aliphatic heterocycles. The third-order valence-electron chi connectivity index (χ3n) is 5.56. The van der Waals surface area contributed by atoms with Crippen molar-refractivity contribution in [2.45, 2.75) is 66.3 Å². The molecule has 0 bridgehead atoms. The quantitative estimate of drug-likeness (QED) is 0.531. The minimum atomic E-state index is -0.154. The van der Waals surface area contributed by atoms with Crippen LogP contribution in [0, 0.1) is 11.3 Å². The lowest BCUT2D eigenvalue weighted by Gasteiger charge is -2.32. The smallest absolute Gasteiger partial charge is 0.224 e. The monoisotopic (exact) mass is 386 g/mol. The Morgan fingerprint density at radius 3 is 2.46 bits per heavy atom. The third kappa shape index (κ3) is 6.41. The van der Waals surface area contributed by atoms with Crippen molar-refractivity contribution in [3.63, 3.8) is 0 Å². The van der Waals surface area contributed by atoms with E-state index in [0.717, 1.165) is 30.4 Å². The Labute approximate surface area is 170 Å². The van der Waals surface area contributed by atoms with Crippen molar-refractivity contribution < 1.29 is 4.79 Å². The number of carbonyl (C=O) groups is 1. The highest BCUT2D eigenvalue weighted by atomic mass is 16.1. The van der Waals surface area contributed by atoms with Crippen molar-refractivity contribution in [1.29, 1.82) is 0 Å². The fourth-order valence-electron chi connectivity index (χ4n) is 3.36. The number of hydrogen-bond acceptors (Lipinski definition) is 4. The molecule has 1 amide bonds. The molecule has 0 fully saturated rings. The lowest BCUT2D eigenvalue weighted by molar-refractivity contribution is -0.118. The van der Waals surface area contributed by atoms with Crippen molar-refractivity contribution in [2.75, 3.05) is 5.32 Å². The van der Waals surface area contributed by atoms with Crippen molar-refractivity contribution in [3.8, 4) is 0 Å². The lowest BCUT2D eigenvalue weighted by Crippen LogP contribution is -2.29. The number of para-hydroxylation sites is 1. The summed E-state index contributed by atoms with van der Waals surface area (Å²) in [6.45, 7) is 10.5. The first-order valence-corrected chi connectivity index (χ1v) is 10.3. The van der Waals surface area contributed by atoms with Gasteiger partial charge in [-0.15, -0.1) is 0 Å². The van der Waals surface area contributed by atoms with Crippen LogP contribution in [0.25, 0.3) is 5.70 Å². The van der Waals surface area contributed by atoms with Crippen molar-refractivity contribution >= 4 is 17.3 Å². The van der Waals surface area contributed by atoms with E-state index in [1.165, 1.54) is 6.20 Å². The molecule has 1 aliphatic rings. The van der Waals surface area contributed by atoms with Gasteiger partial charge in [0.1, 0.15) is 0 Å². The van der Waals surface area contributed by atoms with Gasteiger partial charge in [0.05, 0.1) is 5.69 Å². The standard InChI is InChI=1S/C21H32N4O.C2H6/c1-14-7-6-9-17(23)15(13-22)11-18(24)16-8-4-5-10-19(16)25-20(26)12-21(14,2)3;1-2/h4-5,8,10-11,13-14,17H,6-7,9,12,22-24H2,1-3H3,(H,25,26);1-2H3/b15-13+,18-11-;/t14?,17-;/m0./s1. The molecule has 28 heavy (non-hydrogen) atoms. The van der Waals surface area contributed by atoms with Gasteiger partial charge >= 0.3 is 0 Å². The van der Waals surface area contributed by atoms with Crippen LogP contribution >= 0.6 is 0 Å². The van der Waals surface area contributed by atoms with Crippen LogP contribution in [-0.4, -0.2) is 11.9 Å². The Bertz CT molecular complexity index is 706. The molecule has 1 unspecified atom stereocenters. The largest absolute Gasteiger partial charge is 0.404 e. The molecule has 0 aliphatic carbocycles. The second-order valence-electron chi connectivity index (χ2n) is 7.96. The maximum Gasteiger partial charge on any atom is 0.224 e. The van der Waals surface area contributed by atoms with E-state index in [1.54, 1.807) is 0 Å². The molecule has 0 aromatic heterocycles. The van der Waals surface area contributed by atoms with Crippen LogP contribution < -0.4 is 22.5 Å². The predicted molar refractivity (Wildman–Crippen MR) is 120 cm³/mol. The number of anilines is 1. The molecule has 2 atom stereocenters. The summed E-state index contributed by atoms with van der Waals surface area (Å²) in [7, 11) is 0. The fourth-order valence-corrected chi connectivity index (χ4v) is 3.36. The summed E-state index contributed by atoms with van der Waals surface area (Å²) in [5, 5.41) is 3.02. The molecule has 2 rings (SSSR count). The van der Waals surface area contributed by atoms with Crippen LogP contribution in [0.2, 0.25) is 0 Å². The molecule has 156 valence electrons. The molecule has 1 aromatic rings. The highest BCUT2D eigenvalue weighted by molar-refractivity contribution is 5.94. The number of benzene rings is 1. The first-order valence-electron chi connectivity index (χ1n) is 10.3. The number of carbonyl (C=O) groups excluding carboxylic acids is 1. The highest BCUT2D eigenvalue weighted by Gasteiger charge is 2.29. The summed E-state index contributed by atoms with van der Waals surface area (Å²) in [6, 6.07) is 7.38. The molecule has 1 heterocycles. The van der Waals surface area contributed by atoms with E-state index in [0.29, 0.717) is 23.7 Å². The van der Waals surface area contributed by atoms with E-state index in [1.807, 2.05) is 44.2 Å². The Morgan fingerprint density at radius 2 is 1.82 bits per heavy atom. The molecule has 0 radical (unpaired) electrons. The zero-order valence-corrected chi connectivity index (χ0v) is 18.1. The van der Waals surface area contributed by atoms with E-state index in [9.17, 15) is 4.79 Å². The van der Waals surface area contributed by atoms with Gasteiger partial charge in [0, 0.05) is 23.7 Å². The summed E-state index contributed by atoms with van der Waals surface area (Å²) in [6.07, 6.45) is 6.64. The molecule has 7 N–H and O–H groups in total. The van der Waals surface area contributed by atoms with Gasteiger partial charge in [0.15, 0.2) is 0 Å². The Kier molecular flexibility index (Phi) is 9.26.